The molecule has 7 nitrogen and oxygen atoms in total. The summed E-state index contributed by atoms with van der Waals surface area (Å²) in [4.78, 5) is 31.5. The van der Waals surface area contributed by atoms with Crippen molar-refractivity contribution in [1.82, 2.24) is 15.3 Å². The number of nitrogens with zero attached hydrogens (tertiary/aromatic N) is 2. The van der Waals surface area contributed by atoms with Crippen LogP contribution in [0.25, 0.3) is 0 Å². The Morgan fingerprint density at radius 3 is 2.43 bits per heavy atom. The van der Waals surface area contributed by atoms with Gasteiger partial charge in [-0.05, 0) is 18.1 Å². The van der Waals surface area contributed by atoms with E-state index >= 15 is 0 Å². The first-order valence-corrected chi connectivity index (χ1v) is 7.31. The van der Waals surface area contributed by atoms with E-state index in [1.54, 1.807) is 42.7 Å². The molecule has 0 saturated carbocycles. The fourth-order valence-corrected chi connectivity index (χ4v) is 2.04. The van der Waals surface area contributed by atoms with Crippen LogP contribution in [-0.4, -0.2) is 28.3 Å². The molecule has 23 heavy (non-hydrogen) atoms. The van der Waals surface area contributed by atoms with Crippen molar-refractivity contribution in [2.24, 2.45) is 5.73 Å². The van der Waals surface area contributed by atoms with E-state index in [0.717, 1.165) is 0 Å². The number of primary amides is 1. The smallest absolute Gasteiger partial charge is 0.244 e. The van der Waals surface area contributed by atoms with Gasteiger partial charge in [0.1, 0.15) is 6.04 Å². The number of anilines is 1. The number of benzene rings is 1. The Hall–Kier alpha value is -2.96. The molecule has 4 N–H and O–H groups in total. The van der Waals surface area contributed by atoms with Gasteiger partial charge in [0, 0.05) is 25.4 Å². The van der Waals surface area contributed by atoms with E-state index in [2.05, 4.69) is 20.6 Å². The van der Waals surface area contributed by atoms with Crippen molar-refractivity contribution in [3.63, 3.8) is 0 Å². The van der Waals surface area contributed by atoms with Gasteiger partial charge in [-0.15, -0.1) is 0 Å². The average molecular weight is 313 g/mol. The second kappa shape index (κ2) is 8.47. The Morgan fingerprint density at radius 2 is 1.78 bits per heavy atom. The summed E-state index contributed by atoms with van der Waals surface area (Å²) in [5.74, 6) is -0.291. The number of hydrogen-bond donors (Lipinski definition) is 3. The van der Waals surface area contributed by atoms with Crippen LogP contribution in [0, 0.1) is 0 Å². The quantitative estimate of drug-likeness (QED) is 0.630. The fourth-order valence-electron chi connectivity index (χ4n) is 2.04. The molecule has 0 bridgehead atoms. The van der Waals surface area contributed by atoms with Gasteiger partial charge >= 0.3 is 0 Å². The molecule has 0 aliphatic carbocycles. The number of nitrogens with one attached hydrogen (secondary N) is 2. The lowest BCUT2D eigenvalue weighted by Gasteiger charge is -2.15. The summed E-state index contributed by atoms with van der Waals surface area (Å²) in [7, 11) is 0. The van der Waals surface area contributed by atoms with Gasteiger partial charge in [-0.3, -0.25) is 9.59 Å². The molecular weight excluding hydrogens is 294 g/mol. The van der Waals surface area contributed by atoms with Gasteiger partial charge in [-0.1, -0.05) is 30.3 Å². The van der Waals surface area contributed by atoms with Crippen molar-refractivity contribution >= 4 is 17.8 Å². The van der Waals surface area contributed by atoms with E-state index in [1.165, 1.54) is 0 Å². The van der Waals surface area contributed by atoms with Crippen LogP contribution >= 0.6 is 0 Å². The highest BCUT2D eigenvalue weighted by atomic mass is 16.2. The van der Waals surface area contributed by atoms with Gasteiger partial charge < -0.3 is 16.4 Å². The number of nitrogens with two attached hydrogens (primary N) is 1. The normalized spacial score (nSPS) is 11.5. The molecule has 1 aromatic carbocycles. The maximum Gasteiger partial charge on any atom is 0.244 e. The molecule has 2 amide bonds. The van der Waals surface area contributed by atoms with Crippen LogP contribution in [0.5, 0.6) is 0 Å². The summed E-state index contributed by atoms with van der Waals surface area (Å²) in [6.45, 7) is 0.560. The highest BCUT2D eigenvalue weighted by Gasteiger charge is 2.19. The minimum Gasteiger partial charge on any atom is -0.368 e. The Bertz CT molecular complexity index is 633. The van der Waals surface area contributed by atoms with Crippen LogP contribution in [-0.2, 0) is 9.59 Å². The zero-order valence-corrected chi connectivity index (χ0v) is 12.6. The molecule has 0 radical (unpaired) electrons. The molecular formula is C16H19N5O2. The molecule has 2 aromatic rings. The fraction of sp³-hybridized carbons (Fsp3) is 0.250. The molecule has 0 saturated heterocycles. The third-order valence-corrected chi connectivity index (χ3v) is 3.15. The van der Waals surface area contributed by atoms with E-state index in [1.807, 2.05) is 6.07 Å². The van der Waals surface area contributed by atoms with Crippen molar-refractivity contribution in [2.75, 3.05) is 11.9 Å². The highest BCUT2D eigenvalue weighted by molar-refractivity contribution is 5.87. The van der Waals surface area contributed by atoms with Crippen LogP contribution in [0.3, 0.4) is 0 Å². The zero-order chi connectivity index (χ0) is 16.5. The Kier molecular flexibility index (Phi) is 6.05. The molecule has 2 rings (SSSR count). The third-order valence-electron chi connectivity index (χ3n) is 3.15. The van der Waals surface area contributed by atoms with Gasteiger partial charge in [0.25, 0.3) is 0 Å². The summed E-state index contributed by atoms with van der Waals surface area (Å²) >= 11 is 0. The lowest BCUT2D eigenvalue weighted by Crippen LogP contribution is -2.37. The molecule has 0 aliphatic heterocycles. The first-order chi connectivity index (χ1) is 11.2. The van der Waals surface area contributed by atoms with Crippen LogP contribution in [0.4, 0.5) is 5.95 Å². The van der Waals surface area contributed by atoms with Gasteiger partial charge in [-0.25, -0.2) is 9.97 Å². The third kappa shape index (κ3) is 5.39. The van der Waals surface area contributed by atoms with Gasteiger partial charge in [0.15, 0.2) is 0 Å². The Balaban J connectivity index is 1.77. The van der Waals surface area contributed by atoms with E-state index in [-0.39, 0.29) is 12.3 Å². The topological polar surface area (TPSA) is 110 Å². The van der Waals surface area contributed by atoms with Crippen LogP contribution in [0.1, 0.15) is 24.4 Å². The Labute approximate surface area is 134 Å². The van der Waals surface area contributed by atoms with Crippen molar-refractivity contribution < 1.29 is 9.59 Å². The minimum absolute atomic E-state index is 0.228. The van der Waals surface area contributed by atoms with Gasteiger partial charge in [0.2, 0.25) is 17.8 Å². The maximum atomic E-state index is 12.0. The van der Waals surface area contributed by atoms with Crippen molar-refractivity contribution in [3.05, 3.63) is 54.4 Å². The second-order valence-electron chi connectivity index (χ2n) is 4.92. The zero-order valence-electron chi connectivity index (χ0n) is 12.6. The summed E-state index contributed by atoms with van der Waals surface area (Å²) in [6.07, 6.45) is 4.14. The summed E-state index contributed by atoms with van der Waals surface area (Å²) in [5, 5.41) is 5.67. The van der Waals surface area contributed by atoms with Gasteiger partial charge in [0.05, 0.1) is 0 Å². The monoisotopic (exact) mass is 313 g/mol. The minimum atomic E-state index is -0.811. The highest BCUT2D eigenvalue weighted by Crippen LogP contribution is 2.12. The first kappa shape index (κ1) is 16.4. The van der Waals surface area contributed by atoms with E-state index in [9.17, 15) is 9.59 Å². The first-order valence-electron chi connectivity index (χ1n) is 7.31. The van der Waals surface area contributed by atoms with E-state index < -0.39 is 11.9 Å². The second-order valence-corrected chi connectivity index (χ2v) is 4.92. The number of amides is 2. The SMILES string of the molecule is NC(=O)[C@@H](NC(=O)CCCNc1ncccn1)c1ccccc1. The van der Waals surface area contributed by atoms with Crippen molar-refractivity contribution in [3.8, 4) is 0 Å². The van der Waals surface area contributed by atoms with Crippen LogP contribution in [0.15, 0.2) is 48.8 Å². The number of aromatic nitrogens is 2. The number of rotatable bonds is 8. The lowest BCUT2D eigenvalue weighted by molar-refractivity contribution is -0.127. The standard InChI is InChI=1S/C16H19N5O2/c17-15(23)14(12-6-2-1-3-7-12)21-13(22)8-4-9-18-16-19-10-5-11-20-16/h1-3,5-7,10-11,14H,4,8-9H2,(H2,17,23)(H,21,22)(H,18,19,20)/t14-/m0/s1. The molecule has 1 atom stereocenters. The molecule has 1 heterocycles. The molecule has 0 spiro atoms. The molecule has 0 aliphatic rings. The predicted molar refractivity (Wildman–Crippen MR) is 86.3 cm³/mol. The molecule has 7 heteroatoms. The summed E-state index contributed by atoms with van der Waals surface area (Å²) < 4.78 is 0. The van der Waals surface area contributed by atoms with Crippen LogP contribution in [0.2, 0.25) is 0 Å². The Morgan fingerprint density at radius 1 is 1.09 bits per heavy atom. The van der Waals surface area contributed by atoms with E-state index in [0.29, 0.717) is 24.5 Å². The van der Waals surface area contributed by atoms with Crippen molar-refractivity contribution in [2.45, 2.75) is 18.9 Å². The number of carbonyl (C=O) groups is 2. The number of carbonyl (C=O) groups excluding carboxylic acids is 2. The van der Waals surface area contributed by atoms with Crippen molar-refractivity contribution in [1.29, 1.82) is 0 Å². The molecule has 0 unspecified atom stereocenters. The molecule has 0 fully saturated rings. The summed E-state index contributed by atoms with van der Waals surface area (Å²) in [5.41, 5.74) is 6.04. The van der Waals surface area contributed by atoms with Gasteiger partial charge in [-0.2, -0.15) is 0 Å². The van der Waals surface area contributed by atoms with E-state index in [4.69, 9.17) is 5.73 Å². The average Bonchev–Trinajstić information content (AvgIpc) is 2.58. The predicted octanol–water partition coefficient (Wildman–Crippen LogP) is 1.01. The number of hydrogen-bond acceptors (Lipinski definition) is 5. The molecule has 1 aromatic heterocycles. The maximum absolute atomic E-state index is 12.0. The van der Waals surface area contributed by atoms with Crippen LogP contribution < -0.4 is 16.4 Å². The molecule has 120 valence electrons. The lowest BCUT2D eigenvalue weighted by atomic mass is 10.1. The largest absolute Gasteiger partial charge is 0.368 e. The summed E-state index contributed by atoms with van der Waals surface area (Å²) in [6, 6.07) is 9.85.